The van der Waals surface area contributed by atoms with E-state index in [2.05, 4.69) is 57.6 Å². The summed E-state index contributed by atoms with van der Waals surface area (Å²) >= 11 is 3.61. The summed E-state index contributed by atoms with van der Waals surface area (Å²) in [5, 5.41) is 18.5. The second-order valence-corrected chi connectivity index (χ2v) is 11.2. The molecule has 1 aliphatic rings. The Morgan fingerprint density at radius 2 is 1.41 bits per heavy atom. The summed E-state index contributed by atoms with van der Waals surface area (Å²) in [5.41, 5.74) is 3.05. The Morgan fingerprint density at radius 3 is 1.95 bits per heavy atom. The molecule has 8 heteroatoms. The van der Waals surface area contributed by atoms with Crippen molar-refractivity contribution in [2.45, 2.75) is 18.4 Å². The zero-order valence-corrected chi connectivity index (χ0v) is 23.9. The molecular formula is C33H29BrN4O3. The van der Waals surface area contributed by atoms with Crippen LogP contribution in [0.15, 0.2) is 114 Å². The van der Waals surface area contributed by atoms with E-state index in [4.69, 9.17) is 5.10 Å². The number of nitrogens with one attached hydrogen (secondary N) is 1. The maximum Gasteiger partial charge on any atom is 0.407 e. The van der Waals surface area contributed by atoms with Crippen LogP contribution in [0.25, 0.3) is 10.9 Å². The van der Waals surface area contributed by atoms with Gasteiger partial charge in [0.05, 0.1) is 11.4 Å². The summed E-state index contributed by atoms with van der Waals surface area (Å²) in [5.74, 6) is -0.243. The monoisotopic (exact) mass is 608 g/mol. The lowest BCUT2D eigenvalue weighted by Gasteiger charge is -2.37. The molecule has 41 heavy (non-hydrogen) atoms. The first-order chi connectivity index (χ1) is 20.0. The number of carbonyl (C=O) groups excluding carboxylic acids is 1. The zero-order chi connectivity index (χ0) is 28.4. The second kappa shape index (κ2) is 11.2. The lowest BCUT2D eigenvalue weighted by molar-refractivity contribution is -0.121. The topological polar surface area (TPSA) is 87.5 Å². The Balaban J connectivity index is 1.57. The second-order valence-electron chi connectivity index (χ2n) is 10.3. The molecule has 0 aliphatic carbocycles. The fourth-order valence-electron chi connectivity index (χ4n) is 5.93. The maximum atomic E-state index is 13.5. The van der Waals surface area contributed by atoms with E-state index in [-0.39, 0.29) is 12.5 Å². The van der Waals surface area contributed by atoms with Crippen LogP contribution in [0.1, 0.15) is 29.5 Å². The van der Waals surface area contributed by atoms with Crippen molar-refractivity contribution in [2.75, 3.05) is 18.4 Å². The molecule has 1 aromatic heterocycles. The summed E-state index contributed by atoms with van der Waals surface area (Å²) in [7, 11) is 0. The van der Waals surface area contributed by atoms with Crippen molar-refractivity contribution in [1.82, 2.24) is 14.7 Å². The van der Waals surface area contributed by atoms with Gasteiger partial charge in [-0.3, -0.25) is 4.79 Å². The van der Waals surface area contributed by atoms with Gasteiger partial charge in [0.25, 0.3) is 0 Å². The lowest BCUT2D eigenvalue weighted by atomic mass is 9.77. The van der Waals surface area contributed by atoms with Gasteiger partial charge in [0.1, 0.15) is 5.54 Å². The number of hydrogen-bond donors (Lipinski definition) is 2. The Hall–Kier alpha value is -4.43. The Labute approximate surface area is 246 Å². The molecule has 0 bridgehead atoms. The van der Waals surface area contributed by atoms with Crippen molar-refractivity contribution in [2.24, 2.45) is 5.92 Å². The van der Waals surface area contributed by atoms with E-state index in [0.29, 0.717) is 25.2 Å². The number of likely N-dealkylation sites (tertiary alicyclic amines) is 1. The molecule has 2 N–H and O–H groups in total. The quantitative estimate of drug-likeness (QED) is 0.204. The largest absolute Gasteiger partial charge is 0.465 e. The number of halogens is 1. The van der Waals surface area contributed by atoms with Crippen molar-refractivity contribution in [3.8, 4) is 0 Å². The van der Waals surface area contributed by atoms with E-state index in [1.165, 1.54) is 4.90 Å². The summed E-state index contributed by atoms with van der Waals surface area (Å²) < 4.78 is 2.87. The van der Waals surface area contributed by atoms with Crippen molar-refractivity contribution < 1.29 is 14.7 Å². The summed E-state index contributed by atoms with van der Waals surface area (Å²) in [6.07, 6.45) is 0.268. The van der Waals surface area contributed by atoms with E-state index in [0.717, 1.165) is 32.1 Å². The number of carbonyl (C=O) groups is 2. The molecular weight excluding hydrogens is 580 g/mol. The predicted octanol–water partition coefficient (Wildman–Crippen LogP) is 6.97. The third kappa shape index (κ3) is 4.89. The minimum atomic E-state index is -1.00. The highest BCUT2D eigenvalue weighted by Crippen LogP contribution is 2.43. The van der Waals surface area contributed by atoms with Gasteiger partial charge in [-0.05, 0) is 47.7 Å². The number of anilines is 1. The number of fused-ring (bicyclic) bond motifs is 1. The van der Waals surface area contributed by atoms with Gasteiger partial charge in [0, 0.05) is 22.9 Å². The van der Waals surface area contributed by atoms with Crippen molar-refractivity contribution >= 4 is 44.7 Å². The molecule has 6 rings (SSSR count). The van der Waals surface area contributed by atoms with E-state index in [9.17, 15) is 14.7 Å². The highest BCUT2D eigenvalue weighted by atomic mass is 79.9. The van der Waals surface area contributed by atoms with Crippen LogP contribution in [0.3, 0.4) is 0 Å². The molecule has 2 heterocycles. The first-order valence-corrected chi connectivity index (χ1v) is 14.4. The highest BCUT2D eigenvalue weighted by Gasteiger charge is 2.41. The first-order valence-electron chi connectivity index (χ1n) is 13.6. The molecule has 0 spiro atoms. The molecule has 7 nitrogen and oxygen atoms in total. The van der Waals surface area contributed by atoms with Crippen LogP contribution in [0.2, 0.25) is 0 Å². The number of rotatable bonds is 6. The fourth-order valence-corrected chi connectivity index (χ4v) is 6.29. The van der Waals surface area contributed by atoms with E-state index in [1.807, 2.05) is 77.5 Å². The first kappa shape index (κ1) is 26.8. The number of piperidine rings is 1. The third-order valence-electron chi connectivity index (χ3n) is 7.84. The van der Waals surface area contributed by atoms with Gasteiger partial charge in [-0.2, -0.15) is 5.10 Å². The molecule has 0 saturated carbocycles. The van der Waals surface area contributed by atoms with E-state index in [1.54, 1.807) is 0 Å². The average Bonchev–Trinajstić information content (AvgIpc) is 3.36. The molecule has 1 aliphatic heterocycles. The van der Waals surface area contributed by atoms with E-state index >= 15 is 0 Å². The molecule has 1 atom stereocenters. The fraction of sp³-hybridized carbons (Fsp3) is 0.182. The number of hydrogen-bond acceptors (Lipinski definition) is 3. The average molecular weight is 610 g/mol. The Morgan fingerprint density at radius 1 is 0.854 bits per heavy atom. The minimum absolute atomic E-state index is 0.172. The van der Waals surface area contributed by atoms with Crippen LogP contribution in [-0.2, 0) is 10.3 Å². The minimum Gasteiger partial charge on any atom is -0.465 e. The van der Waals surface area contributed by atoms with Crippen molar-refractivity contribution in [1.29, 1.82) is 0 Å². The van der Waals surface area contributed by atoms with Gasteiger partial charge in [-0.1, -0.05) is 107 Å². The predicted molar refractivity (Wildman–Crippen MR) is 163 cm³/mol. The summed E-state index contributed by atoms with van der Waals surface area (Å²) in [6, 6.07) is 36.7. The highest BCUT2D eigenvalue weighted by molar-refractivity contribution is 9.10. The maximum absolute atomic E-state index is 13.5. The van der Waals surface area contributed by atoms with Gasteiger partial charge in [0.15, 0.2) is 5.82 Å². The number of carboxylic acid groups (broad SMARTS) is 1. The summed E-state index contributed by atoms with van der Waals surface area (Å²) in [4.78, 5) is 26.4. The lowest BCUT2D eigenvalue weighted by Crippen LogP contribution is -2.43. The summed E-state index contributed by atoms with van der Waals surface area (Å²) in [6.45, 7) is 0.614. The number of amides is 2. The smallest absolute Gasteiger partial charge is 0.407 e. The third-order valence-corrected chi connectivity index (χ3v) is 8.33. The zero-order valence-electron chi connectivity index (χ0n) is 22.3. The Kier molecular flexibility index (Phi) is 7.32. The molecule has 1 fully saturated rings. The standard InChI is InChI=1S/C33H29BrN4O3/c34-27-18-19-29-28(21-27)30(35-31(39)23-11-10-20-37(22-23)32(40)41)36-38(29)33(24-12-4-1-5-13-24,25-14-6-2-7-15-25)26-16-8-3-9-17-26/h1-9,12-19,21,23H,10-11,20,22H2,(H,40,41)(H,35,36,39)/t23-/m1/s1. The number of benzene rings is 4. The number of aromatic nitrogens is 2. The molecule has 206 valence electrons. The van der Waals surface area contributed by atoms with Gasteiger partial charge < -0.3 is 15.3 Å². The van der Waals surface area contributed by atoms with Gasteiger partial charge in [-0.15, -0.1) is 0 Å². The van der Waals surface area contributed by atoms with Gasteiger partial charge >= 0.3 is 6.09 Å². The van der Waals surface area contributed by atoms with Crippen molar-refractivity contribution in [3.63, 3.8) is 0 Å². The molecule has 5 aromatic rings. The van der Waals surface area contributed by atoms with Crippen LogP contribution < -0.4 is 5.32 Å². The van der Waals surface area contributed by atoms with Crippen LogP contribution in [0, 0.1) is 5.92 Å². The SMILES string of the molecule is O=C(Nc1nn(C(c2ccccc2)(c2ccccc2)c2ccccc2)c2ccc(Br)cc12)[C@@H]1CCCN(C(=O)O)C1. The van der Waals surface area contributed by atoms with Gasteiger partial charge in [0.2, 0.25) is 5.91 Å². The van der Waals surface area contributed by atoms with Crippen LogP contribution in [0.4, 0.5) is 10.6 Å². The molecule has 1 saturated heterocycles. The van der Waals surface area contributed by atoms with Crippen LogP contribution >= 0.6 is 15.9 Å². The van der Waals surface area contributed by atoms with Crippen LogP contribution in [-0.4, -0.2) is 44.9 Å². The van der Waals surface area contributed by atoms with Gasteiger partial charge in [-0.25, -0.2) is 9.48 Å². The van der Waals surface area contributed by atoms with Crippen LogP contribution in [0.5, 0.6) is 0 Å². The van der Waals surface area contributed by atoms with E-state index < -0.39 is 17.6 Å². The molecule has 0 unspecified atom stereocenters. The molecule has 0 radical (unpaired) electrons. The molecule has 2 amide bonds. The number of nitrogens with zero attached hydrogens (tertiary/aromatic N) is 3. The Bertz CT molecular complexity index is 1590. The normalized spacial score (nSPS) is 15.5. The molecule has 4 aromatic carbocycles. The van der Waals surface area contributed by atoms with Crippen molar-refractivity contribution in [3.05, 3.63) is 130 Å².